The number of thiophene rings is 1. The molecule has 4 rings (SSSR count). The van der Waals surface area contributed by atoms with Crippen molar-refractivity contribution in [2.75, 3.05) is 19.5 Å². The minimum absolute atomic E-state index is 0.289. The monoisotopic (exact) mass is 479 g/mol. The van der Waals surface area contributed by atoms with E-state index in [1.165, 1.54) is 18.4 Å². The number of carbonyl (C=O) groups is 2. The van der Waals surface area contributed by atoms with Crippen LogP contribution in [0.3, 0.4) is 0 Å². The molecule has 1 aromatic carbocycles. The Balaban J connectivity index is 1.63. The second kappa shape index (κ2) is 9.70. The van der Waals surface area contributed by atoms with Gasteiger partial charge in [0.2, 0.25) is 0 Å². The number of rotatable bonds is 7. The Morgan fingerprint density at radius 1 is 1.12 bits per heavy atom. The van der Waals surface area contributed by atoms with Gasteiger partial charge in [0.1, 0.15) is 21.1 Å². The number of aryl methyl sites for hydroxylation is 3. The van der Waals surface area contributed by atoms with Crippen LogP contribution in [-0.2, 0) is 17.8 Å². The molecular formula is C24H25N5O4S. The Morgan fingerprint density at radius 2 is 1.91 bits per heavy atom. The molecule has 176 valence electrons. The number of esters is 1. The lowest BCUT2D eigenvalue weighted by Gasteiger charge is -2.14. The van der Waals surface area contributed by atoms with Crippen LogP contribution in [0.5, 0.6) is 0 Å². The number of hydrogen-bond acceptors (Lipinski definition) is 9. The van der Waals surface area contributed by atoms with Gasteiger partial charge in [-0.15, -0.1) is 11.3 Å². The summed E-state index contributed by atoms with van der Waals surface area (Å²) in [5.74, 6) is -0.811. The van der Waals surface area contributed by atoms with Crippen molar-refractivity contribution < 1.29 is 19.0 Å². The van der Waals surface area contributed by atoms with Gasteiger partial charge >= 0.3 is 5.97 Å². The van der Waals surface area contributed by atoms with Crippen LogP contribution in [-0.4, -0.2) is 46.2 Å². The molecule has 0 spiro atoms. The number of ether oxygens (including phenoxy) is 1. The Morgan fingerprint density at radius 3 is 2.59 bits per heavy atom. The Labute approximate surface area is 200 Å². The molecule has 9 nitrogen and oxygen atoms in total. The summed E-state index contributed by atoms with van der Waals surface area (Å²) < 4.78 is 9.72. The maximum atomic E-state index is 13.0. The van der Waals surface area contributed by atoms with Crippen LogP contribution in [0.4, 0.5) is 5.69 Å². The molecule has 0 saturated carbocycles. The number of fused-ring (bicyclic) bond motifs is 1. The van der Waals surface area contributed by atoms with Gasteiger partial charge in [0.15, 0.2) is 0 Å². The first-order valence-corrected chi connectivity index (χ1v) is 11.4. The first kappa shape index (κ1) is 23.5. The number of methoxy groups -OCH3 is 1. The zero-order valence-corrected chi connectivity index (χ0v) is 20.4. The van der Waals surface area contributed by atoms with Crippen molar-refractivity contribution in [2.45, 2.75) is 33.9 Å². The highest BCUT2D eigenvalue weighted by molar-refractivity contribution is 7.21. The molecule has 0 radical (unpaired) electrons. The third kappa shape index (κ3) is 4.82. The predicted octanol–water partition coefficient (Wildman–Crippen LogP) is 4.28. The standard InChI is InChI=1S/C24H25N5O4S/c1-13-6-8-17(14(2)10-13)22(30)26-20-18-9-7-16(25-23(18)34-21(20)24(31)32-5)11-29(4)12-19-15(3)27-33-28-19/h6-10H,11-12H2,1-5H3,(H,26,30). The lowest BCUT2D eigenvalue weighted by Crippen LogP contribution is -2.18. The molecule has 1 amide bonds. The van der Waals surface area contributed by atoms with Crippen LogP contribution in [0, 0.1) is 20.8 Å². The highest BCUT2D eigenvalue weighted by Crippen LogP contribution is 2.36. The van der Waals surface area contributed by atoms with Gasteiger partial charge in [-0.2, -0.15) is 0 Å². The topological polar surface area (TPSA) is 110 Å². The summed E-state index contributed by atoms with van der Waals surface area (Å²) in [5, 5.41) is 11.3. The molecule has 0 saturated heterocycles. The van der Waals surface area contributed by atoms with E-state index < -0.39 is 5.97 Å². The maximum absolute atomic E-state index is 13.0. The molecule has 0 aliphatic rings. The van der Waals surface area contributed by atoms with Crippen LogP contribution < -0.4 is 5.32 Å². The molecule has 34 heavy (non-hydrogen) atoms. The third-order valence-corrected chi connectivity index (χ3v) is 6.53. The van der Waals surface area contributed by atoms with Crippen LogP contribution >= 0.6 is 11.3 Å². The SMILES string of the molecule is COC(=O)c1sc2nc(CN(C)Cc3nonc3C)ccc2c1NC(=O)c1ccc(C)cc1C. The molecule has 1 N–H and O–H groups in total. The Bertz CT molecular complexity index is 1380. The molecule has 0 atom stereocenters. The summed E-state index contributed by atoms with van der Waals surface area (Å²) >= 11 is 1.19. The lowest BCUT2D eigenvalue weighted by molar-refractivity contribution is 0.0607. The molecule has 0 fully saturated rings. The normalized spacial score (nSPS) is 11.2. The highest BCUT2D eigenvalue weighted by atomic mass is 32.1. The second-order valence-corrected chi connectivity index (χ2v) is 9.19. The number of carbonyl (C=O) groups excluding carboxylic acids is 2. The number of amides is 1. The quantitative estimate of drug-likeness (QED) is 0.391. The lowest BCUT2D eigenvalue weighted by atomic mass is 10.1. The van der Waals surface area contributed by atoms with E-state index in [4.69, 9.17) is 14.3 Å². The number of nitrogens with zero attached hydrogens (tertiary/aromatic N) is 4. The van der Waals surface area contributed by atoms with Crippen LogP contribution in [0.1, 0.15) is 48.2 Å². The minimum Gasteiger partial charge on any atom is -0.465 e. The van der Waals surface area contributed by atoms with Gasteiger partial charge in [0.05, 0.1) is 18.5 Å². The molecule has 3 heterocycles. The van der Waals surface area contributed by atoms with E-state index in [2.05, 4.69) is 15.6 Å². The Hall–Kier alpha value is -3.63. The van der Waals surface area contributed by atoms with Crippen molar-refractivity contribution >= 4 is 39.1 Å². The smallest absolute Gasteiger partial charge is 0.350 e. The van der Waals surface area contributed by atoms with Crippen molar-refractivity contribution in [2.24, 2.45) is 0 Å². The zero-order chi connectivity index (χ0) is 24.4. The van der Waals surface area contributed by atoms with Crippen LogP contribution in [0.25, 0.3) is 10.2 Å². The zero-order valence-electron chi connectivity index (χ0n) is 19.6. The summed E-state index contributed by atoms with van der Waals surface area (Å²) in [7, 11) is 3.26. The first-order valence-electron chi connectivity index (χ1n) is 10.6. The van der Waals surface area contributed by atoms with Gasteiger partial charge < -0.3 is 10.1 Å². The summed E-state index contributed by atoms with van der Waals surface area (Å²) in [5.41, 5.74) is 5.22. The molecule has 0 bridgehead atoms. The van der Waals surface area contributed by atoms with Crippen molar-refractivity contribution in [3.63, 3.8) is 0 Å². The number of aromatic nitrogens is 3. The summed E-state index contributed by atoms with van der Waals surface area (Å²) in [6.45, 7) is 6.82. The van der Waals surface area contributed by atoms with Crippen LogP contribution in [0.15, 0.2) is 35.0 Å². The van der Waals surface area contributed by atoms with Gasteiger partial charge in [0, 0.05) is 24.0 Å². The van der Waals surface area contributed by atoms with E-state index in [1.54, 1.807) is 6.07 Å². The van der Waals surface area contributed by atoms with Crippen molar-refractivity contribution in [1.82, 2.24) is 20.2 Å². The van der Waals surface area contributed by atoms with Gasteiger partial charge in [-0.3, -0.25) is 9.69 Å². The van der Waals surface area contributed by atoms with E-state index in [1.807, 2.05) is 57.0 Å². The van der Waals surface area contributed by atoms with Gasteiger partial charge in [-0.1, -0.05) is 28.0 Å². The van der Waals surface area contributed by atoms with Crippen molar-refractivity contribution in [1.29, 1.82) is 0 Å². The summed E-state index contributed by atoms with van der Waals surface area (Å²) in [6, 6.07) is 9.37. The van der Waals surface area contributed by atoms with Crippen molar-refractivity contribution in [3.8, 4) is 0 Å². The fraction of sp³-hybridized carbons (Fsp3) is 0.292. The highest BCUT2D eigenvalue weighted by Gasteiger charge is 2.23. The average molecular weight is 480 g/mol. The first-order chi connectivity index (χ1) is 16.3. The fourth-order valence-electron chi connectivity index (χ4n) is 3.70. The number of nitrogens with one attached hydrogen (secondary N) is 1. The molecule has 0 aliphatic heterocycles. The average Bonchev–Trinajstić information content (AvgIpc) is 3.36. The number of anilines is 1. The summed E-state index contributed by atoms with van der Waals surface area (Å²) in [6.07, 6.45) is 0. The molecular weight excluding hydrogens is 454 g/mol. The largest absolute Gasteiger partial charge is 0.465 e. The van der Waals surface area contributed by atoms with E-state index in [0.717, 1.165) is 28.2 Å². The number of pyridine rings is 1. The Kier molecular flexibility index (Phi) is 6.71. The summed E-state index contributed by atoms with van der Waals surface area (Å²) in [4.78, 5) is 33.2. The fourth-order valence-corrected chi connectivity index (χ4v) is 4.76. The molecule has 0 aliphatic carbocycles. The number of benzene rings is 1. The third-order valence-electron chi connectivity index (χ3n) is 5.45. The van der Waals surface area contributed by atoms with Gasteiger partial charge in [0.25, 0.3) is 5.91 Å². The molecule has 10 heteroatoms. The van der Waals surface area contributed by atoms with E-state index in [9.17, 15) is 9.59 Å². The van der Waals surface area contributed by atoms with E-state index >= 15 is 0 Å². The minimum atomic E-state index is -0.522. The molecule has 0 unspecified atom stereocenters. The van der Waals surface area contributed by atoms with Crippen molar-refractivity contribution in [3.05, 3.63) is 69.0 Å². The number of hydrogen-bond donors (Lipinski definition) is 1. The maximum Gasteiger partial charge on any atom is 0.350 e. The molecule has 4 aromatic rings. The van der Waals surface area contributed by atoms with Gasteiger partial charge in [-0.25, -0.2) is 14.4 Å². The molecule has 3 aromatic heterocycles. The van der Waals surface area contributed by atoms with Gasteiger partial charge in [-0.05, 0) is 51.6 Å². The predicted molar refractivity (Wildman–Crippen MR) is 129 cm³/mol. The van der Waals surface area contributed by atoms with E-state index in [-0.39, 0.29) is 5.91 Å². The van der Waals surface area contributed by atoms with Crippen LogP contribution in [0.2, 0.25) is 0 Å². The van der Waals surface area contributed by atoms with E-state index in [0.29, 0.717) is 39.4 Å². The second-order valence-electron chi connectivity index (χ2n) is 8.19.